The maximum atomic E-state index is 12.4. The van der Waals surface area contributed by atoms with Crippen molar-refractivity contribution < 1.29 is 13.2 Å². The van der Waals surface area contributed by atoms with Crippen LogP contribution in [-0.4, -0.2) is 32.6 Å². The van der Waals surface area contributed by atoms with E-state index in [1.165, 1.54) is 0 Å². The van der Waals surface area contributed by atoms with Gasteiger partial charge in [-0.2, -0.15) is 0 Å². The predicted molar refractivity (Wildman–Crippen MR) is 76.2 cm³/mol. The third-order valence-corrected chi connectivity index (χ3v) is 5.71. The van der Waals surface area contributed by atoms with Gasteiger partial charge in [0.1, 0.15) is 17.6 Å². The Balaban J connectivity index is 2.37. The van der Waals surface area contributed by atoms with Crippen LogP contribution in [0.1, 0.15) is 31.9 Å². The third-order valence-electron chi connectivity index (χ3n) is 3.40. The standard InChI is InChI=1S/C14H21NO3S/c1-3-9-19(16,17)13-10-18-12-8-6-5-7-11(12)14(13)15-4-2/h5-8,13-15H,3-4,9-10H2,1-2H3. The highest BCUT2D eigenvalue weighted by molar-refractivity contribution is 7.92. The van der Waals surface area contributed by atoms with Gasteiger partial charge in [0.25, 0.3) is 0 Å². The van der Waals surface area contributed by atoms with Crippen LogP contribution in [-0.2, 0) is 9.84 Å². The minimum Gasteiger partial charge on any atom is -0.492 e. The molecule has 2 rings (SSSR count). The Kier molecular flexibility index (Phi) is 4.47. The molecule has 0 saturated heterocycles. The minimum atomic E-state index is -3.13. The topological polar surface area (TPSA) is 55.4 Å². The first kappa shape index (κ1) is 14.3. The molecule has 0 amide bonds. The van der Waals surface area contributed by atoms with Crippen molar-refractivity contribution in [2.24, 2.45) is 0 Å². The molecule has 5 heteroatoms. The molecule has 2 unspecified atom stereocenters. The molecule has 2 atom stereocenters. The van der Waals surface area contributed by atoms with Crippen LogP contribution in [0.25, 0.3) is 0 Å². The predicted octanol–water partition coefficient (Wildman–Crippen LogP) is 1.92. The molecule has 1 heterocycles. The van der Waals surface area contributed by atoms with E-state index in [9.17, 15) is 8.42 Å². The van der Waals surface area contributed by atoms with E-state index in [2.05, 4.69) is 5.32 Å². The maximum Gasteiger partial charge on any atom is 0.158 e. The largest absolute Gasteiger partial charge is 0.492 e. The zero-order valence-electron chi connectivity index (χ0n) is 11.4. The first-order valence-electron chi connectivity index (χ1n) is 6.76. The van der Waals surface area contributed by atoms with Crippen molar-refractivity contribution in [1.29, 1.82) is 0 Å². The second-order valence-electron chi connectivity index (χ2n) is 4.79. The molecule has 1 N–H and O–H groups in total. The van der Waals surface area contributed by atoms with Crippen LogP contribution in [0.3, 0.4) is 0 Å². The molecule has 0 saturated carbocycles. The molecule has 0 spiro atoms. The van der Waals surface area contributed by atoms with E-state index in [1.807, 2.05) is 38.1 Å². The minimum absolute atomic E-state index is 0.175. The molecule has 1 aromatic rings. The second kappa shape index (κ2) is 5.92. The van der Waals surface area contributed by atoms with Crippen molar-refractivity contribution in [3.05, 3.63) is 29.8 Å². The van der Waals surface area contributed by atoms with E-state index in [-0.39, 0.29) is 18.4 Å². The Hall–Kier alpha value is -1.07. The van der Waals surface area contributed by atoms with Crippen molar-refractivity contribution in [3.8, 4) is 5.75 Å². The number of fused-ring (bicyclic) bond motifs is 1. The summed E-state index contributed by atoms with van der Waals surface area (Å²) in [6.07, 6.45) is 0.638. The lowest BCUT2D eigenvalue weighted by molar-refractivity contribution is 0.256. The Morgan fingerprint density at radius 3 is 2.74 bits per heavy atom. The number of rotatable bonds is 5. The maximum absolute atomic E-state index is 12.4. The number of sulfone groups is 1. The van der Waals surface area contributed by atoms with Gasteiger partial charge in [0.05, 0.1) is 11.8 Å². The molecule has 0 bridgehead atoms. The number of hydrogen-bond acceptors (Lipinski definition) is 4. The van der Waals surface area contributed by atoms with Gasteiger partial charge in [0, 0.05) is 5.56 Å². The van der Waals surface area contributed by atoms with E-state index >= 15 is 0 Å². The molecular formula is C14H21NO3S. The van der Waals surface area contributed by atoms with Gasteiger partial charge in [0.15, 0.2) is 9.84 Å². The molecule has 19 heavy (non-hydrogen) atoms. The molecular weight excluding hydrogens is 262 g/mol. The first-order valence-corrected chi connectivity index (χ1v) is 8.48. The van der Waals surface area contributed by atoms with Crippen molar-refractivity contribution in [2.75, 3.05) is 18.9 Å². The Morgan fingerprint density at radius 1 is 1.32 bits per heavy atom. The summed E-state index contributed by atoms with van der Waals surface area (Å²) in [7, 11) is -3.13. The quantitative estimate of drug-likeness (QED) is 0.897. The summed E-state index contributed by atoms with van der Waals surface area (Å²) < 4.78 is 30.3. The van der Waals surface area contributed by atoms with Crippen LogP contribution < -0.4 is 10.1 Å². The summed E-state index contributed by atoms with van der Waals surface area (Å²) in [6.45, 7) is 4.84. The lowest BCUT2D eigenvalue weighted by Gasteiger charge is -2.33. The molecule has 0 radical (unpaired) electrons. The summed E-state index contributed by atoms with van der Waals surface area (Å²) >= 11 is 0. The third kappa shape index (κ3) is 2.92. The Labute approximate surface area is 115 Å². The fourth-order valence-corrected chi connectivity index (χ4v) is 4.35. The van der Waals surface area contributed by atoms with Crippen LogP contribution in [0.4, 0.5) is 0 Å². The summed E-state index contributed by atoms with van der Waals surface area (Å²) in [6, 6.07) is 7.48. The fourth-order valence-electron chi connectivity index (χ4n) is 2.55. The van der Waals surface area contributed by atoms with E-state index < -0.39 is 15.1 Å². The first-order chi connectivity index (χ1) is 9.10. The average Bonchev–Trinajstić information content (AvgIpc) is 2.39. The highest BCUT2D eigenvalue weighted by Crippen LogP contribution is 2.35. The van der Waals surface area contributed by atoms with Crippen LogP contribution in [0.2, 0.25) is 0 Å². The molecule has 1 aliphatic rings. The number of nitrogens with one attached hydrogen (secondary N) is 1. The van der Waals surface area contributed by atoms with E-state index in [4.69, 9.17) is 4.74 Å². The second-order valence-corrected chi connectivity index (χ2v) is 7.13. The van der Waals surface area contributed by atoms with Gasteiger partial charge >= 0.3 is 0 Å². The van der Waals surface area contributed by atoms with Gasteiger partial charge in [-0.15, -0.1) is 0 Å². The van der Waals surface area contributed by atoms with Crippen LogP contribution in [0.15, 0.2) is 24.3 Å². The summed E-state index contributed by atoms with van der Waals surface area (Å²) in [5.74, 6) is 1.00. The van der Waals surface area contributed by atoms with Crippen molar-refractivity contribution in [1.82, 2.24) is 5.32 Å². The zero-order chi connectivity index (χ0) is 13.9. The van der Waals surface area contributed by atoms with Crippen molar-refractivity contribution in [2.45, 2.75) is 31.6 Å². The van der Waals surface area contributed by atoms with Gasteiger partial charge in [-0.05, 0) is 19.0 Å². The monoisotopic (exact) mass is 283 g/mol. The van der Waals surface area contributed by atoms with Gasteiger partial charge in [-0.25, -0.2) is 8.42 Å². The van der Waals surface area contributed by atoms with Gasteiger partial charge < -0.3 is 10.1 Å². The van der Waals surface area contributed by atoms with Crippen molar-refractivity contribution in [3.63, 3.8) is 0 Å². The molecule has 1 aromatic carbocycles. The molecule has 0 fully saturated rings. The summed E-state index contributed by atoms with van der Waals surface area (Å²) in [4.78, 5) is 0. The fraction of sp³-hybridized carbons (Fsp3) is 0.571. The Morgan fingerprint density at radius 2 is 2.05 bits per heavy atom. The van der Waals surface area contributed by atoms with E-state index in [0.29, 0.717) is 6.42 Å². The van der Waals surface area contributed by atoms with E-state index in [1.54, 1.807) is 0 Å². The molecule has 106 valence electrons. The van der Waals surface area contributed by atoms with Gasteiger partial charge in [0.2, 0.25) is 0 Å². The lowest BCUT2D eigenvalue weighted by atomic mass is 10.0. The van der Waals surface area contributed by atoms with E-state index in [0.717, 1.165) is 17.9 Å². The molecule has 4 nitrogen and oxygen atoms in total. The Bertz CT molecular complexity index is 527. The number of para-hydroxylation sites is 1. The number of hydrogen-bond donors (Lipinski definition) is 1. The lowest BCUT2D eigenvalue weighted by Crippen LogP contribution is -2.44. The summed E-state index contributed by atoms with van der Waals surface area (Å²) in [5.41, 5.74) is 0.945. The van der Waals surface area contributed by atoms with Crippen LogP contribution in [0, 0.1) is 0 Å². The summed E-state index contributed by atoms with van der Waals surface area (Å²) in [5, 5.41) is 2.80. The van der Waals surface area contributed by atoms with Gasteiger partial charge in [-0.3, -0.25) is 0 Å². The van der Waals surface area contributed by atoms with Crippen LogP contribution >= 0.6 is 0 Å². The zero-order valence-corrected chi connectivity index (χ0v) is 12.2. The number of benzene rings is 1. The molecule has 0 aromatic heterocycles. The average molecular weight is 283 g/mol. The molecule has 1 aliphatic heterocycles. The normalized spacial score (nSPS) is 22.6. The highest BCUT2D eigenvalue weighted by Gasteiger charge is 2.38. The number of ether oxygens (including phenoxy) is 1. The van der Waals surface area contributed by atoms with Crippen LogP contribution in [0.5, 0.6) is 5.75 Å². The van der Waals surface area contributed by atoms with Gasteiger partial charge in [-0.1, -0.05) is 32.0 Å². The smallest absolute Gasteiger partial charge is 0.158 e. The highest BCUT2D eigenvalue weighted by atomic mass is 32.2. The SMILES string of the molecule is CCCS(=O)(=O)C1COc2ccccc2C1NCC. The van der Waals surface area contributed by atoms with Crippen molar-refractivity contribution >= 4 is 9.84 Å². The molecule has 0 aliphatic carbocycles.